The van der Waals surface area contributed by atoms with E-state index in [-0.39, 0.29) is 5.54 Å². The fraction of sp³-hybridized carbons (Fsp3) is 0.786. The zero-order chi connectivity index (χ0) is 25.3. The molecule has 1 saturated carbocycles. The molecule has 2 atom stereocenters. The lowest BCUT2D eigenvalue weighted by Gasteiger charge is -2.57. The maximum atomic E-state index is 6.75. The summed E-state index contributed by atoms with van der Waals surface area (Å²) in [5.41, 5.74) is 3.08. The lowest BCUT2D eigenvalue weighted by Crippen LogP contribution is -2.67. The number of halogens is 1. The van der Waals surface area contributed by atoms with Crippen molar-refractivity contribution in [2.45, 2.75) is 115 Å². The van der Waals surface area contributed by atoms with E-state index >= 15 is 0 Å². The highest BCUT2D eigenvalue weighted by Gasteiger charge is 2.46. The predicted molar refractivity (Wildman–Crippen MR) is 149 cm³/mol. The standard InChI is InChI=1S/C28H49ClN2O2Si/c1-20(2)34(21(3)4,22(5)6)33-17-16-32-27-15-14-23(18-24(27)29)31-19-28(7,8)30(9)25-12-10-11-13-26(25)31/h14-15,18,20-22,25-26H,10-13,16-17,19H2,1-9H3/t25-,26-/m0/s1. The molecule has 1 aromatic carbocycles. The van der Waals surface area contributed by atoms with Crippen molar-refractivity contribution in [2.24, 2.45) is 0 Å². The quantitative estimate of drug-likeness (QED) is 0.251. The van der Waals surface area contributed by atoms with Crippen LogP contribution in [-0.4, -0.2) is 57.6 Å². The molecule has 0 amide bonds. The highest BCUT2D eigenvalue weighted by molar-refractivity contribution is 6.77. The first-order valence-corrected chi connectivity index (χ1v) is 16.0. The highest BCUT2D eigenvalue weighted by Crippen LogP contribution is 2.43. The second-order valence-corrected chi connectivity index (χ2v) is 18.0. The smallest absolute Gasteiger partial charge is 0.200 e. The first-order valence-electron chi connectivity index (χ1n) is 13.5. The number of rotatable bonds is 9. The number of piperazine rings is 1. The van der Waals surface area contributed by atoms with E-state index < -0.39 is 8.32 Å². The maximum Gasteiger partial charge on any atom is 0.200 e. The molecular weight excluding hydrogens is 460 g/mol. The Morgan fingerprint density at radius 3 is 2.12 bits per heavy atom. The van der Waals surface area contributed by atoms with Crippen LogP contribution in [0.2, 0.25) is 21.6 Å². The largest absolute Gasteiger partial charge is 0.490 e. The fourth-order valence-electron chi connectivity index (χ4n) is 6.94. The van der Waals surface area contributed by atoms with E-state index in [1.54, 1.807) is 0 Å². The van der Waals surface area contributed by atoms with E-state index in [0.717, 1.165) is 12.3 Å². The molecule has 0 N–H and O–H groups in total. The molecule has 0 spiro atoms. The molecule has 1 aliphatic heterocycles. The fourth-order valence-corrected chi connectivity index (χ4v) is 12.6. The molecule has 1 heterocycles. The first-order chi connectivity index (χ1) is 15.9. The molecule has 0 radical (unpaired) electrons. The van der Waals surface area contributed by atoms with Crippen LogP contribution in [-0.2, 0) is 4.43 Å². The topological polar surface area (TPSA) is 24.9 Å². The predicted octanol–water partition coefficient (Wildman–Crippen LogP) is 7.75. The summed E-state index contributed by atoms with van der Waals surface area (Å²) in [6, 6.07) is 7.53. The van der Waals surface area contributed by atoms with Gasteiger partial charge in [-0.2, -0.15) is 0 Å². The second-order valence-electron chi connectivity index (χ2n) is 12.1. The maximum absolute atomic E-state index is 6.75. The molecule has 0 bridgehead atoms. The van der Waals surface area contributed by atoms with Crippen LogP contribution in [0.4, 0.5) is 5.69 Å². The van der Waals surface area contributed by atoms with Crippen LogP contribution in [0.25, 0.3) is 0 Å². The Hall–Kier alpha value is -0.753. The average Bonchev–Trinajstić information content (AvgIpc) is 2.76. The van der Waals surface area contributed by atoms with Crippen molar-refractivity contribution in [1.82, 2.24) is 4.90 Å². The van der Waals surface area contributed by atoms with Crippen molar-refractivity contribution in [3.05, 3.63) is 23.2 Å². The Kier molecular flexibility index (Phi) is 9.09. The summed E-state index contributed by atoms with van der Waals surface area (Å²) in [4.78, 5) is 5.22. The second kappa shape index (κ2) is 11.1. The van der Waals surface area contributed by atoms with Gasteiger partial charge in [-0.3, -0.25) is 4.90 Å². The molecule has 4 nitrogen and oxygen atoms in total. The molecule has 2 aliphatic rings. The van der Waals surface area contributed by atoms with Crippen LogP contribution in [0.5, 0.6) is 5.75 Å². The van der Waals surface area contributed by atoms with Crippen LogP contribution in [0.1, 0.15) is 81.1 Å². The van der Waals surface area contributed by atoms with Gasteiger partial charge in [-0.1, -0.05) is 66.0 Å². The minimum absolute atomic E-state index is 0.136. The molecule has 2 fully saturated rings. The normalized spacial score (nSPS) is 23.6. The van der Waals surface area contributed by atoms with Crippen molar-refractivity contribution >= 4 is 25.6 Å². The van der Waals surface area contributed by atoms with Gasteiger partial charge in [0.1, 0.15) is 12.4 Å². The van der Waals surface area contributed by atoms with E-state index in [0.29, 0.717) is 46.9 Å². The third-order valence-corrected chi connectivity index (χ3v) is 15.2. The SMILES string of the molecule is CC(C)[Si](OCCOc1ccc(N2CC(C)(C)N(C)[C@H]3CCCC[C@@H]32)cc1Cl)(C(C)C)C(C)C. The number of ether oxygens (including phenoxy) is 1. The third-order valence-electron chi connectivity index (χ3n) is 8.75. The van der Waals surface area contributed by atoms with E-state index in [1.807, 2.05) is 0 Å². The van der Waals surface area contributed by atoms with E-state index in [2.05, 4.69) is 90.4 Å². The van der Waals surface area contributed by atoms with Gasteiger partial charge < -0.3 is 14.1 Å². The molecule has 34 heavy (non-hydrogen) atoms. The number of nitrogens with zero attached hydrogens (tertiary/aromatic N) is 2. The van der Waals surface area contributed by atoms with E-state index in [1.165, 1.54) is 31.4 Å². The lowest BCUT2D eigenvalue weighted by molar-refractivity contribution is 0.0337. The van der Waals surface area contributed by atoms with Gasteiger partial charge in [0.15, 0.2) is 8.32 Å². The molecule has 3 rings (SSSR count). The van der Waals surface area contributed by atoms with Crippen molar-refractivity contribution in [3.63, 3.8) is 0 Å². The summed E-state index contributed by atoms with van der Waals surface area (Å²) in [7, 11) is 0.437. The highest BCUT2D eigenvalue weighted by atomic mass is 35.5. The molecule has 194 valence electrons. The summed E-state index contributed by atoms with van der Waals surface area (Å²) < 4.78 is 12.8. The van der Waals surface area contributed by atoms with Crippen LogP contribution < -0.4 is 9.64 Å². The van der Waals surface area contributed by atoms with Gasteiger partial charge in [0.25, 0.3) is 0 Å². The van der Waals surface area contributed by atoms with Gasteiger partial charge in [0, 0.05) is 29.9 Å². The monoisotopic (exact) mass is 508 g/mol. The number of hydrogen-bond donors (Lipinski definition) is 0. The number of benzene rings is 1. The Bertz CT molecular complexity index is 792. The van der Waals surface area contributed by atoms with Gasteiger partial charge in [-0.25, -0.2) is 0 Å². The minimum atomic E-state index is -1.87. The first kappa shape index (κ1) is 27.8. The van der Waals surface area contributed by atoms with E-state index in [4.69, 9.17) is 20.8 Å². The summed E-state index contributed by atoms with van der Waals surface area (Å²) in [5, 5.41) is 0.696. The Balaban J connectivity index is 1.67. The molecule has 1 aromatic rings. The summed E-state index contributed by atoms with van der Waals surface area (Å²) >= 11 is 6.75. The molecule has 6 heteroatoms. The zero-order valence-corrected chi connectivity index (χ0v) is 24.9. The summed E-state index contributed by atoms with van der Waals surface area (Å²) in [6.45, 7) is 20.8. The van der Waals surface area contributed by atoms with Gasteiger partial charge in [-0.05, 0) is 68.6 Å². The minimum Gasteiger partial charge on any atom is -0.490 e. The Morgan fingerprint density at radius 1 is 0.971 bits per heavy atom. The van der Waals surface area contributed by atoms with Gasteiger partial charge in [-0.15, -0.1) is 0 Å². The number of hydrogen-bond acceptors (Lipinski definition) is 4. The summed E-state index contributed by atoms with van der Waals surface area (Å²) in [6.07, 6.45) is 5.18. The zero-order valence-electron chi connectivity index (χ0n) is 23.2. The molecule has 0 aromatic heterocycles. The third kappa shape index (κ3) is 5.48. The molecule has 1 saturated heterocycles. The average molecular weight is 509 g/mol. The van der Waals surface area contributed by atoms with Crippen LogP contribution in [0.15, 0.2) is 18.2 Å². The van der Waals surface area contributed by atoms with Crippen LogP contribution in [0, 0.1) is 0 Å². The van der Waals surface area contributed by atoms with Crippen molar-refractivity contribution in [2.75, 3.05) is 31.7 Å². The van der Waals surface area contributed by atoms with Crippen LogP contribution in [0.3, 0.4) is 0 Å². The molecule has 0 unspecified atom stereocenters. The summed E-state index contributed by atoms with van der Waals surface area (Å²) in [5.74, 6) is 0.758. The molecular formula is C28H49ClN2O2Si. The molecule has 1 aliphatic carbocycles. The van der Waals surface area contributed by atoms with E-state index in [9.17, 15) is 0 Å². The van der Waals surface area contributed by atoms with Gasteiger partial charge in [0.05, 0.1) is 11.6 Å². The number of likely N-dealkylation sites (N-methyl/N-ethyl adjacent to an activating group) is 1. The lowest BCUT2D eigenvalue weighted by atomic mass is 9.81. The van der Waals surface area contributed by atoms with Crippen LogP contribution >= 0.6 is 11.6 Å². The van der Waals surface area contributed by atoms with Gasteiger partial charge in [0.2, 0.25) is 0 Å². The number of fused-ring (bicyclic) bond motifs is 1. The van der Waals surface area contributed by atoms with Crippen molar-refractivity contribution < 1.29 is 9.16 Å². The van der Waals surface area contributed by atoms with Gasteiger partial charge >= 0.3 is 0 Å². The van der Waals surface area contributed by atoms with Crippen molar-refractivity contribution in [1.29, 1.82) is 0 Å². The van der Waals surface area contributed by atoms with Crippen molar-refractivity contribution in [3.8, 4) is 5.75 Å². The Morgan fingerprint density at radius 2 is 1.56 bits per heavy atom. The number of anilines is 1. The Labute approximate surface area is 215 Å².